The van der Waals surface area contributed by atoms with E-state index >= 15 is 0 Å². The highest BCUT2D eigenvalue weighted by Crippen LogP contribution is 2.44. The molecule has 1 aliphatic carbocycles. The van der Waals surface area contributed by atoms with Crippen LogP contribution in [0.5, 0.6) is 0 Å². The van der Waals surface area contributed by atoms with Crippen molar-refractivity contribution in [2.75, 3.05) is 18.0 Å². The van der Waals surface area contributed by atoms with E-state index in [-0.39, 0.29) is 0 Å². The first-order valence-electron chi connectivity index (χ1n) is 10.8. The SMILES string of the molecule is Cc1nccc(-c2cnc(N3CCC4(CC3)Cc3cccnc3C4)c3ccnn23)c1Cl. The van der Waals surface area contributed by atoms with E-state index in [1.165, 1.54) is 11.3 Å². The van der Waals surface area contributed by atoms with E-state index in [9.17, 15) is 0 Å². The van der Waals surface area contributed by atoms with Gasteiger partial charge in [0.05, 0.1) is 28.8 Å². The molecule has 7 heteroatoms. The number of piperidine rings is 1. The molecule has 0 amide bonds. The summed E-state index contributed by atoms with van der Waals surface area (Å²) in [4.78, 5) is 16.2. The molecule has 5 heterocycles. The minimum atomic E-state index is 0.353. The summed E-state index contributed by atoms with van der Waals surface area (Å²) in [6, 6.07) is 8.26. The van der Waals surface area contributed by atoms with Crippen molar-refractivity contribution in [3.63, 3.8) is 0 Å². The lowest BCUT2D eigenvalue weighted by Crippen LogP contribution is -2.41. The number of fused-ring (bicyclic) bond motifs is 2. The molecule has 6 rings (SSSR count). The zero-order valence-corrected chi connectivity index (χ0v) is 18.2. The Morgan fingerprint density at radius 1 is 0.968 bits per heavy atom. The molecule has 1 fully saturated rings. The average Bonchev–Trinajstić information content (AvgIpc) is 3.41. The highest BCUT2D eigenvalue weighted by Gasteiger charge is 2.40. The molecule has 0 N–H and O–H groups in total. The Balaban J connectivity index is 1.30. The number of hydrogen-bond donors (Lipinski definition) is 0. The molecule has 0 radical (unpaired) electrons. The molecule has 4 aromatic rings. The second kappa shape index (κ2) is 7.02. The highest BCUT2D eigenvalue weighted by atomic mass is 35.5. The van der Waals surface area contributed by atoms with Gasteiger partial charge in [-0.3, -0.25) is 9.97 Å². The largest absolute Gasteiger partial charge is 0.355 e. The predicted molar refractivity (Wildman–Crippen MR) is 121 cm³/mol. The van der Waals surface area contributed by atoms with Crippen molar-refractivity contribution >= 4 is 22.9 Å². The Morgan fingerprint density at radius 2 is 1.84 bits per heavy atom. The molecule has 2 aliphatic rings. The summed E-state index contributed by atoms with van der Waals surface area (Å²) in [5.41, 5.74) is 6.67. The van der Waals surface area contributed by atoms with Crippen LogP contribution in [0.2, 0.25) is 5.02 Å². The predicted octanol–water partition coefficient (Wildman–Crippen LogP) is 4.53. The highest BCUT2D eigenvalue weighted by molar-refractivity contribution is 6.33. The maximum Gasteiger partial charge on any atom is 0.154 e. The van der Waals surface area contributed by atoms with Crippen molar-refractivity contribution in [3.8, 4) is 11.3 Å². The van der Waals surface area contributed by atoms with Gasteiger partial charge in [-0.25, -0.2) is 9.50 Å². The van der Waals surface area contributed by atoms with Gasteiger partial charge in [-0.05, 0) is 61.8 Å². The molecule has 0 saturated carbocycles. The van der Waals surface area contributed by atoms with E-state index in [0.717, 1.165) is 67.1 Å². The third-order valence-electron chi connectivity index (χ3n) is 6.96. The van der Waals surface area contributed by atoms with E-state index in [2.05, 4.69) is 32.1 Å². The van der Waals surface area contributed by atoms with Crippen LogP contribution in [0, 0.1) is 12.3 Å². The van der Waals surface area contributed by atoms with E-state index in [1.807, 2.05) is 42.2 Å². The van der Waals surface area contributed by atoms with Crippen LogP contribution in [0.3, 0.4) is 0 Å². The van der Waals surface area contributed by atoms with Gasteiger partial charge in [0.15, 0.2) is 5.82 Å². The van der Waals surface area contributed by atoms with Gasteiger partial charge in [-0.1, -0.05) is 17.7 Å². The number of aryl methyl sites for hydroxylation is 1. The second-order valence-electron chi connectivity index (χ2n) is 8.80. The fourth-order valence-corrected chi connectivity index (χ4v) is 5.45. The van der Waals surface area contributed by atoms with E-state index in [1.54, 1.807) is 6.20 Å². The first-order valence-corrected chi connectivity index (χ1v) is 11.1. The maximum atomic E-state index is 6.54. The Bertz CT molecular complexity index is 1260. The molecular formula is C24H23ClN6. The molecular weight excluding hydrogens is 408 g/mol. The Hall–Kier alpha value is -2.99. The van der Waals surface area contributed by atoms with Crippen LogP contribution in [-0.2, 0) is 12.8 Å². The molecule has 0 unspecified atom stereocenters. The number of halogens is 1. The summed E-state index contributed by atoms with van der Waals surface area (Å²) in [5, 5.41) is 5.22. The second-order valence-corrected chi connectivity index (χ2v) is 9.18. The third kappa shape index (κ3) is 3.00. The smallest absolute Gasteiger partial charge is 0.154 e. The van der Waals surface area contributed by atoms with Crippen LogP contribution >= 0.6 is 11.6 Å². The van der Waals surface area contributed by atoms with Crippen molar-refractivity contribution in [2.45, 2.75) is 32.6 Å². The number of pyridine rings is 2. The van der Waals surface area contributed by atoms with Gasteiger partial charge in [0.2, 0.25) is 0 Å². The van der Waals surface area contributed by atoms with Gasteiger partial charge in [0.25, 0.3) is 0 Å². The summed E-state index contributed by atoms with van der Waals surface area (Å²) in [5.74, 6) is 0.992. The lowest BCUT2D eigenvalue weighted by Gasteiger charge is -2.40. The molecule has 1 aliphatic heterocycles. The van der Waals surface area contributed by atoms with E-state index in [4.69, 9.17) is 16.6 Å². The van der Waals surface area contributed by atoms with Gasteiger partial charge in [0, 0.05) is 36.7 Å². The molecule has 0 aromatic carbocycles. The van der Waals surface area contributed by atoms with Crippen LogP contribution in [0.15, 0.2) is 49.1 Å². The standard InChI is InChI=1S/C24H23ClN6/c1-16-22(25)18(4-9-26-16)21-15-28-23(20-5-10-29-31(20)21)30-11-6-24(7-12-30)13-17-3-2-8-27-19(17)14-24/h2-5,8-10,15H,6-7,11-14H2,1H3. The molecule has 1 saturated heterocycles. The molecule has 156 valence electrons. The maximum absolute atomic E-state index is 6.54. The average molecular weight is 431 g/mol. The number of anilines is 1. The minimum absolute atomic E-state index is 0.353. The molecule has 1 spiro atoms. The van der Waals surface area contributed by atoms with Gasteiger partial charge >= 0.3 is 0 Å². The lowest BCUT2D eigenvalue weighted by atomic mass is 9.76. The third-order valence-corrected chi connectivity index (χ3v) is 7.44. The van der Waals surface area contributed by atoms with E-state index < -0.39 is 0 Å². The van der Waals surface area contributed by atoms with Crippen molar-refractivity contribution in [2.24, 2.45) is 5.41 Å². The molecule has 6 nitrogen and oxygen atoms in total. The van der Waals surface area contributed by atoms with Crippen molar-refractivity contribution in [3.05, 3.63) is 71.0 Å². The fraction of sp³-hybridized carbons (Fsp3) is 0.333. The van der Waals surface area contributed by atoms with Gasteiger partial charge in [-0.15, -0.1) is 0 Å². The number of aromatic nitrogens is 5. The monoisotopic (exact) mass is 430 g/mol. The van der Waals surface area contributed by atoms with Crippen LogP contribution in [0.4, 0.5) is 5.82 Å². The Morgan fingerprint density at radius 3 is 2.68 bits per heavy atom. The Labute approximate surface area is 185 Å². The normalized spacial score (nSPS) is 17.4. The minimum Gasteiger partial charge on any atom is -0.355 e. The zero-order valence-electron chi connectivity index (χ0n) is 17.4. The van der Waals surface area contributed by atoms with Gasteiger partial charge in [-0.2, -0.15) is 5.10 Å². The summed E-state index contributed by atoms with van der Waals surface area (Å²) in [7, 11) is 0. The van der Waals surface area contributed by atoms with Gasteiger partial charge in [0.1, 0.15) is 5.52 Å². The molecule has 4 aromatic heterocycles. The van der Waals surface area contributed by atoms with Crippen LogP contribution in [-0.4, -0.2) is 37.7 Å². The Kier molecular flexibility index (Phi) is 4.25. The van der Waals surface area contributed by atoms with Crippen LogP contribution < -0.4 is 4.90 Å². The number of hydrogen-bond acceptors (Lipinski definition) is 5. The molecule has 31 heavy (non-hydrogen) atoms. The van der Waals surface area contributed by atoms with Crippen molar-refractivity contribution < 1.29 is 0 Å². The topological polar surface area (TPSA) is 59.2 Å². The first-order chi connectivity index (χ1) is 15.1. The molecule has 0 atom stereocenters. The van der Waals surface area contributed by atoms with Crippen molar-refractivity contribution in [1.29, 1.82) is 0 Å². The molecule has 0 bridgehead atoms. The number of nitrogens with zero attached hydrogens (tertiary/aromatic N) is 6. The van der Waals surface area contributed by atoms with E-state index in [0.29, 0.717) is 10.4 Å². The summed E-state index contributed by atoms with van der Waals surface area (Å²) >= 11 is 6.54. The summed E-state index contributed by atoms with van der Waals surface area (Å²) < 4.78 is 1.95. The zero-order chi connectivity index (χ0) is 21.0. The van der Waals surface area contributed by atoms with Crippen LogP contribution in [0.1, 0.15) is 29.8 Å². The quantitative estimate of drug-likeness (QED) is 0.467. The fourth-order valence-electron chi connectivity index (χ4n) is 5.24. The summed E-state index contributed by atoms with van der Waals surface area (Å²) in [6.45, 7) is 3.90. The lowest BCUT2D eigenvalue weighted by molar-refractivity contribution is 0.231. The van der Waals surface area contributed by atoms with Gasteiger partial charge < -0.3 is 4.90 Å². The summed E-state index contributed by atoms with van der Waals surface area (Å²) in [6.07, 6.45) is 12.0. The number of rotatable bonds is 2. The van der Waals surface area contributed by atoms with Crippen LogP contribution in [0.25, 0.3) is 16.8 Å². The first kappa shape index (κ1) is 18.8. The van der Waals surface area contributed by atoms with Crippen molar-refractivity contribution in [1.82, 2.24) is 24.6 Å².